The fraction of sp³-hybridized carbons (Fsp3) is 0.211. The molecule has 4 nitrogen and oxygen atoms in total. The van der Waals surface area contributed by atoms with Gasteiger partial charge in [-0.05, 0) is 48.6 Å². The fourth-order valence-electron chi connectivity index (χ4n) is 3.40. The average Bonchev–Trinajstić information content (AvgIpc) is 3.05. The molecule has 1 aliphatic heterocycles. The molecule has 3 aromatic rings. The summed E-state index contributed by atoms with van der Waals surface area (Å²) >= 11 is 4.66. The molecule has 0 amide bonds. The molecule has 0 N–H and O–H groups in total. The number of anilines is 1. The Kier molecular flexibility index (Phi) is 4.59. The molecule has 8 heteroatoms. The molecule has 1 fully saturated rings. The summed E-state index contributed by atoms with van der Waals surface area (Å²) < 4.78 is 42.1. The Balaban J connectivity index is 1.82. The Morgan fingerprint density at radius 1 is 1.19 bits per heavy atom. The second-order valence-corrected chi connectivity index (χ2v) is 6.42. The van der Waals surface area contributed by atoms with E-state index in [2.05, 4.69) is 32.3 Å². The molecule has 2 atom stereocenters. The van der Waals surface area contributed by atoms with Crippen LogP contribution in [-0.4, -0.2) is 27.8 Å². The van der Waals surface area contributed by atoms with E-state index >= 15 is 0 Å². The van der Waals surface area contributed by atoms with E-state index in [1.54, 1.807) is 29.3 Å². The third-order valence-corrected chi connectivity index (χ3v) is 4.67. The Morgan fingerprint density at radius 3 is 2.85 bits per heavy atom. The van der Waals surface area contributed by atoms with Crippen LogP contribution in [0.2, 0.25) is 0 Å². The first-order valence-corrected chi connectivity index (χ1v) is 8.67. The number of rotatable bonds is 3. The van der Waals surface area contributed by atoms with E-state index < -0.39 is 23.8 Å². The van der Waals surface area contributed by atoms with E-state index in [1.165, 1.54) is 0 Å². The maximum Gasteiger partial charge on any atom is 0.130 e. The zero-order valence-corrected chi connectivity index (χ0v) is 14.8. The summed E-state index contributed by atoms with van der Waals surface area (Å²) in [5.74, 6) is -0.707. The monoisotopic (exact) mass is 386 g/mol. The summed E-state index contributed by atoms with van der Waals surface area (Å²) in [6.07, 6.45) is 0.452. The highest BCUT2D eigenvalue weighted by atomic mass is 32.1. The maximum absolute atomic E-state index is 14.3. The number of hydrogen-bond donors (Lipinski definition) is 0. The Morgan fingerprint density at radius 2 is 2.04 bits per heavy atom. The summed E-state index contributed by atoms with van der Waals surface area (Å²) in [5.41, 5.74) is 1.67. The van der Waals surface area contributed by atoms with Crippen LogP contribution >= 0.6 is 12.2 Å². The number of thiocarbonyl (C=S) groups is 1. The van der Waals surface area contributed by atoms with Gasteiger partial charge < -0.3 is 4.90 Å². The van der Waals surface area contributed by atoms with Crippen LogP contribution in [0.1, 0.15) is 18.0 Å². The second-order valence-electron chi connectivity index (χ2n) is 6.24. The van der Waals surface area contributed by atoms with Crippen LogP contribution in [0.25, 0.3) is 11.0 Å². The van der Waals surface area contributed by atoms with Gasteiger partial charge in [-0.15, -0.1) is 0 Å². The molecule has 0 radical (unpaired) electrons. The molecule has 0 saturated carbocycles. The number of aromatic nitrogens is 2. The molecule has 1 saturated heterocycles. The molecule has 4 rings (SSSR count). The van der Waals surface area contributed by atoms with Crippen molar-refractivity contribution in [3.8, 4) is 0 Å². The van der Waals surface area contributed by atoms with Gasteiger partial charge in [-0.2, -0.15) is 4.99 Å². The van der Waals surface area contributed by atoms with Gasteiger partial charge in [-0.3, -0.25) is 4.98 Å². The van der Waals surface area contributed by atoms with E-state index in [4.69, 9.17) is 0 Å². The molecular formula is C19H13F3N4S. The largest absolute Gasteiger partial charge is 0.346 e. The Hall–Kier alpha value is -2.83. The number of nitrogens with zero attached hydrogens (tertiary/aromatic N) is 4. The topological polar surface area (TPSA) is 41.4 Å². The van der Waals surface area contributed by atoms with Gasteiger partial charge in [0.25, 0.3) is 0 Å². The van der Waals surface area contributed by atoms with Crippen molar-refractivity contribution in [3.63, 3.8) is 0 Å². The molecule has 2 aromatic heterocycles. The molecule has 3 heterocycles. The van der Waals surface area contributed by atoms with Gasteiger partial charge in [-0.25, -0.2) is 18.2 Å². The van der Waals surface area contributed by atoms with Gasteiger partial charge in [0.1, 0.15) is 34.8 Å². The lowest BCUT2D eigenvalue weighted by Crippen LogP contribution is -2.25. The highest BCUT2D eigenvalue weighted by Crippen LogP contribution is 2.38. The van der Waals surface area contributed by atoms with Gasteiger partial charge in [0.15, 0.2) is 0 Å². The number of benzene rings is 1. The standard InChI is InChI=1S/C19H13F3N4S/c20-11-1-2-14(22)13(7-11)17-8-12(21)9-26(17)18-4-3-15-19(25-18)16(24-10-27)5-6-23-15/h1-7,12,17H,8-9H2/t12-,17+/m0/s1. The first-order valence-electron chi connectivity index (χ1n) is 8.26. The zero-order chi connectivity index (χ0) is 19.0. The summed E-state index contributed by atoms with van der Waals surface area (Å²) in [6.45, 7) is 0.0329. The van der Waals surface area contributed by atoms with E-state index in [-0.39, 0.29) is 18.5 Å². The highest BCUT2D eigenvalue weighted by molar-refractivity contribution is 7.78. The summed E-state index contributed by atoms with van der Waals surface area (Å²) in [6, 6.07) is 7.60. The van der Waals surface area contributed by atoms with Gasteiger partial charge in [-0.1, -0.05) is 0 Å². The van der Waals surface area contributed by atoms with Crippen molar-refractivity contribution in [2.75, 3.05) is 11.4 Å². The first-order chi connectivity index (χ1) is 13.1. The predicted molar refractivity (Wildman–Crippen MR) is 100 cm³/mol. The molecular weight excluding hydrogens is 373 g/mol. The van der Waals surface area contributed by atoms with Crippen LogP contribution in [0.4, 0.5) is 24.7 Å². The number of isothiocyanates is 1. The number of halogens is 3. The third-order valence-electron chi connectivity index (χ3n) is 4.58. The van der Waals surface area contributed by atoms with Gasteiger partial charge in [0.05, 0.1) is 23.3 Å². The molecule has 0 unspecified atom stereocenters. The van der Waals surface area contributed by atoms with Crippen molar-refractivity contribution < 1.29 is 13.2 Å². The average molecular weight is 386 g/mol. The first kappa shape index (κ1) is 17.6. The quantitative estimate of drug-likeness (QED) is 0.473. The van der Waals surface area contributed by atoms with E-state index in [9.17, 15) is 13.2 Å². The van der Waals surface area contributed by atoms with Gasteiger partial charge in [0, 0.05) is 18.2 Å². The number of fused-ring (bicyclic) bond motifs is 1. The fourth-order valence-corrected chi connectivity index (χ4v) is 3.50. The number of aliphatic imine (C=N–C) groups is 1. The molecule has 0 bridgehead atoms. The van der Waals surface area contributed by atoms with Crippen LogP contribution in [0.15, 0.2) is 47.6 Å². The highest BCUT2D eigenvalue weighted by Gasteiger charge is 2.36. The van der Waals surface area contributed by atoms with E-state index in [0.717, 1.165) is 18.2 Å². The minimum absolute atomic E-state index is 0.0329. The Bertz CT molecular complexity index is 1070. The van der Waals surface area contributed by atoms with Crippen molar-refractivity contribution in [1.29, 1.82) is 0 Å². The summed E-state index contributed by atoms with van der Waals surface area (Å²) in [7, 11) is 0. The van der Waals surface area contributed by atoms with Gasteiger partial charge in [0.2, 0.25) is 0 Å². The van der Waals surface area contributed by atoms with E-state index in [0.29, 0.717) is 22.5 Å². The molecule has 27 heavy (non-hydrogen) atoms. The smallest absolute Gasteiger partial charge is 0.130 e. The van der Waals surface area contributed by atoms with Crippen LogP contribution in [0.3, 0.4) is 0 Å². The predicted octanol–water partition coefficient (Wildman–Crippen LogP) is 4.93. The van der Waals surface area contributed by atoms with Crippen molar-refractivity contribution >= 4 is 39.9 Å². The van der Waals surface area contributed by atoms with Crippen molar-refractivity contribution in [1.82, 2.24) is 9.97 Å². The minimum atomic E-state index is -1.18. The molecule has 1 aromatic carbocycles. The van der Waals surface area contributed by atoms with Crippen molar-refractivity contribution in [3.05, 3.63) is 59.8 Å². The number of pyridine rings is 2. The second kappa shape index (κ2) is 7.06. The van der Waals surface area contributed by atoms with Gasteiger partial charge >= 0.3 is 0 Å². The SMILES string of the molecule is Fc1ccc(F)c([C@H]2C[C@H](F)CN2c2ccc3nccc(N=C=S)c3n2)c1. The lowest BCUT2D eigenvalue weighted by Gasteiger charge is -2.26. The van der Waals surface area contributed by atoms with Crippen molar-refractivity contribution in [2.24, 2.45) is 4.99 Å². The van der Waals surface area contributed by atoms with Crippen LogP contribution in [-0.2, 0) is 0 Å². The lowest BCUT2D eigenvalue weighted by molar-refractivity contribution is 0.355. The number of alkyl halides is 1. The molecule has 0 spiro atoms. The van der Waals surface area contributed by atoms with E-state index in [1.807, 2.05) is 0 Å². The third kappa shape index (κ3) is 3.29. The summed E-state index contributed by atoms with van der Waals surface area (Å²) in [5, 5.41) is 2.30. The number of hydrogen-bond acceptors (Lipinski definition) is 5. The minimum Gasteiger partial charge on any atom is -0.346 e. The van der Waals surface area contributed by atoms with Crippen LogP contribution in [0.5, 0.6) is 0 Å². The normalized spacial score (nSPS) is 19.3. The lowest BCUT2D eigenvalue weighted by atomic mass is 10.0. The molecule has 0 aliphatic carbocycles. The zero-order valence-electron chi connectivity index (χ0n) is 13.9. The molecule has 1 aliphatic rings. The molecule has 136 valence electrons. The maximum atomic E-state index is 14.3. The van der Waals surface area contributed by atoms with Crippen LogP contribution < -0.4 is 4.90 Å². The van der Waals surface area contributed by atoms with Crippen molar-refractivity contribution in [2.45, 2.75) is 18.6 Å². The Labute approximate surface area is 158 Å². The van der Waals surface area contributed by atoms with Crippen LogP contribution in [0, 0.1) is 11.6 Å². The summed E-state index contributed by atoms with van der Waals surface area (Å²) in [4.78, 5) is 14.4.